The summed E-state index contributed by atoms with van der Waals surface area (Å²) in [4.78, 5) is 0. The summed E-state index contributed by atoms with van der Waals surface area (Å²) in [6.07, 6.45) is 8.04. The Morgan fingerprint density at radius 2 is 1.79 bits per heavy atom. The molecule has 0 radical (unpaired) electrons. The maximum absolute atomic E-state index is 8.74. The number of rotatable bonds is 7. The zero-order valence-electron chi connectivity index (χ0n) is 9.71. The molecule has 0 fully saturated rings. The van der Waals surface area contributed by atoms with E-state index >= 15 is 0 Å². The smallest absolute Gasteiger partial charge is 0.0770 e. The molecule has 2 N–H and O–H groups in total. The van der Waals surface area contributed by atoms with Crippen LogP contribution in [0.5, 0.6) is 0 Å². The van der Waals surface area contributed by atoms with E-state index in [0.717, 1.165) is 19.3 Å². The summed E-state index contributed by atoms with van der Waals surface area (Å²) in [7, 11) is 0. The molecule has 14 heavy (non-hydrogen) atoms. The van der Waals surface area contributed by atoms with Crippen molar-refractivity contribution < 1.29 is 10.2 Å². The molecule has 0 aliphatic rings. The Morgan fingerprint density at radius 3 is 2.07 bits per heavy atom. The monoisotopic (exact) mass is 202 g/mol. The van der Waals surface area contributed by atoms with E-state index in [2.05, 4.69) is 20.4 Å². The molecular weight excluding hydrogens is 176 g/mol. The molecule has 0 rings (SSSR count). The van der Waals surface area contributed by atoms with Crippen LogP contribution in [0.2, 0.25) is 0 Å². The second kappa shape index (κ2) is 15.1. The second-order valence-electron chi connectivity index (χ2n) is 3.41. The van der Waals surface area contributed by atoms with Gasteiger partial charge in [0, 0.05) is 0 Å². The fraction of sp³-hybridized carbons (Fsp3) is 0.833. The standard InChI is InChI=1S/C6H14O2.C6H12/c1-2-3-4-6(8)5-7;1-3-5-6-4-2/h6-8H,2-5H2,1H3;3H,1,4-6H2,2H3. The molecule has 1 unspecified atom stereocenters. The third-order valence-electron chi connectivity index (χ3n) is 1.86. The Kier molecular flexibility index (Phi) is 17.4. The number of hydrogen-bond acceptors (Lipinski definition) is 2. The predicted molar refractivity (Wildman–Crippen MR) is 62.3 cm³/mol. The first-order valence-corrected chi connectivity index (χ1v) is 5.62. The molecule has 0 bridgehead atoms. The summed E-state index contributed by atoms with van der Waals surface area (Å²) in [6.45, 7) is 7.74. The van der Waals surface area contributed by atoms with Crippen molar-refractivity contribution in [2.45, 2.75) is 58.5 Å². The summed E-state index contributed by atoms with van der Waals surface area (Å²) in [5.74, 6) is 0. The maximum atomic E-state index is 8.74. The van der Waals surface area contributed by atoms with Crippen LogP contribution >= 0.6 is 0 Å². The fourth-order valence-corrected chi connectivity index (χ4v) is 0.879. The molecule has 0 aromatic heterocycles. The van der Waals surface area contributed by atoms with Gasteiger partial charge in [0.1, 0.15) is 0 Å². The average Bonchev–Trinajstić information content (AvgIpc) is 2.23. The van der Waals surface area contributed by atoms with Crippen LogP contribution in [0.3, 0.4) is 0 Å². The predicted octanol–water partition coefficient (Wildman–Crippen LogP) is 2.89. The van der Waals surface area contributed by atoms with Crippen LogP contribution in [-0.4, -0.2) is 22.9 Å². The van der Waals surface area contributed by atoms with Gasteiger partial charge in [-0.2, -0.15) is 0 Å². The van der Waals surface area contributed by atoms with E-state index in [-0.39, 0.29) is 6.61 Å². The number of allylic oxidation sites excluding steroid dienone is 1. The van der Waals surface area contributed by atoms with Crippen molar-refractivity contribution in [3.05, 3.63) is 12.7 Å². The Balaban J connectivity index is 0. The van der Waals surface area contributed by atoms with Crippen LogP contribution in [0.15, 0.2) is 12.7 Å². The maximum Gasteiger partial charge on any atom is 0.0770 e. The molecule has 0 aromatic rings. The summed E-state index contributed by atoms with van der Waals surface area (Å²) in [6, 6.07) is 0. The van der Waals surface area contributed by atoms with Crippen molar-refractivity contribution in [3.8, 4) is 0 Å². The van der Waals surface area contributed by atoms with Crippen molar-refractivity contribution in [2.24, 2.45) is 0 Å². The van der Waals surface area contributed by atoms with Crippen molar-refractivity contribution >= 4 is 0 Å². The molecule has 0 aromatic carbocycles. The largest absolute Gasteiger partial charge is 0.394 e. The zero-order chi connectivity index (χ0) is 11.2. The second-order valence-corrected chi connectivity index (χ2v) is 3.41. The average molecular weight is 202 g/mol. The van der Waals surface area contributed by atoms with Crippen LogP contribution in [-0.2, 0) is 0 Å². The van der Waals surface area contributed by atoms with E-state index in [1.165, 1.54) is 19.3 Å². The highest BCUT2D eigenvalue weighted by molar-refractivity contribution is 4.64. The van der Waals surface area contributed by atoms with Crippen molar-refractivity contribution in [1.82, 2.24) is 0 Å². The molecular formula is C12H26O2. The highest BCUT2D eigenvalue weighted by Gasteiger charge is 1.97. The lowest BCUT2D eigenvalue weighted by molar-refractivity contribution is 0.0865. The SMILES string of the molecule is C=CCCCC.CCCCC(O)CO. The lowest BCUT2D eigenvalue weighted by Crippen LogP contribution is -2.10. The quantitative estimate of drug-likeness (QED) is 0.492. The van der Waals surface area contributed by atoms with Crippen LogP contribution in [0.1, 0.15) is 52.4 Å². The van der Waals surface area contributed by atoms with Crippen molar-refractivity contribution in [1.29, 1.82) is 0 Å². The third kappa shape index (κ3) is 17.7. The molecule has 0 aliphatic carbocycles. The van der Waals surface area contributed by atoms with E-state index in [4.69, 9.17) is 10.2 Å². The van der Waals surface area contributed by atoms with Crippen LogP contribution < -0.4 is 0 Å². The van der Waals surface area contributed by atoms with Gasteiger partial charge >= 0.3 is 0 Å². The minimum Gasteiger partial charge on any atom is -0.394 e. The topological polar surface area (TPSA) is 40.5 Å². The van der Waals surface area contributed by atoms with E-state index in [0.29, 0.717) is 0 Å². The van der Waals surface area contributed by atoms with E-state index in [9.17, 15) is 0 Å². The molecule has 0 saturated carbocycles. The van der Waals surface area contributed by atoms with E-state index in [1.807, 2.05) is 6.08 Å². The van der Waals surface area contributed by atoms with Gasteiger partial charge in [0.25, 0.3) is 0 Å². The molecule has 1 atom stereocenters. The Labute approximate surface area is 88.7 Å². The number of aliphatic hydroxyl groups is 2. The lowest BCUT2D eigenvalue weighted by Gasteiger charge is -2.02. The normalized spacial score (nSPS) is 11.4. The molecule has 0 aliphatic heterocycles. The Morgan fingerprint density at radius 1 is 1.21 bits per heavy atom. The summed E-state index contributed by atoms with van der Waals surface area (Å²) in [5.41, 5.74) is 0. The highest BCUT2D eigenvalue weighted by atomic mass is 16.3. The minimum atomic E-state index is -0.491. The van der Waals surface area contributed by atoms with Gasteiger partial charge in [-0.1, -0.05) is 45.6 Å². The number of aliphatic hydroxyl groups excluding tert-OH is 2. The van der Waals surface area contributed by atoms with Crippen LogP contribution in [0.4, 0.5) is 0 Å². The first kappa shape index (κ1) is 16.1. The van der Waals surface area contributed by atoms with Gasteiger partial charge in [0.15, 0.2) is 0 Å². The summed E-state index contributed by atoms with van der Waals surface area (Å²) >= 11 is 0. The molecule has 2 nitrogen and oxygen atoms in total. The zero-order valence-corrected chi connectivity index (χ0v) is 9.71. The van der Waals surface area contributed by atoms with Gasteiger partial charge in [-0.15, -0.1) is 6.58 Å². The highest BCUT2D eigenvalue weighted by Crippen LogP contribution is 1.97. The molecule has 0 spiro atoms. The number of unbranched alkanes of at least 4 members (excludes halogenated alkanes) is 3. The van der Waals surface area contributed by atoms with Crippen molar-refractivity contribution in [3.63, 3.8) is 0 Å². The molecule has 0 amide bonds. The fourth-order valence-electron chi connectivity index (χ4n) is 0.879. The minimum absolute atomic E-state index is 0.0972. The Hall–Kier alpha value is -0.340. The lowest BCUT2D eigenvalue weighted by atomic mass is 10.2. The van der Waals surface area contributed by atoms with Crippen LogP contribution in [0.25, 0.3) is 0 Å². The molecule has 2 heteroatoms. The summed E-state index contributed by atoms with van der Waals surface area (Å²) < 4.78 is 0. The van der Waals surface area contributed by atoms with Gasteiger partial charge in [-0.3, -0.25) is 0 Å². The first-order valence-electron chi connectivity index (χ1n) is 5.62. The molecule has 86 valence electrons. The number of hydrogen-bond donors (Lipinski definition) is 2. The van der Waals surface area contributed by atoms with Gasteiger partial charge in [-0.05, 0) is 12.8 Å². The van der Waals surface area contributed by atoms with Crippen LogP contribution in [0, 0.1) is 0 Å². The van der Waals surface area contributed by atoms with Gasteiger partial charge in [-0.25, -0.2) is 0 Å². The molecule has 0 saturated heterocycles. The summed E-state index contributed by atoms with van der Waals surface area (Å²) in [5, 5.41) is 17.1. The third-order valence-corrected chi connectivity index (χ3v) is 1.86. The Bertz CT molecular complexity index is 102. The van der Waals surface area contributed by atoms with Gasteiger partial charge in [0.05, 0.1) is 12.7 Å². The van der Waals surface area contributed by atoms with Gasteiger partial charge in [0.2, 0.25) is 0 Å². The van der Waals surface area contributed by atoms with E-state index in [1.54, 1.807) is 0 Å². The van der Waals surface area contributed by atoms with E-state index < -0.39 is 6.10 Å². The van der Waals surface area contributed by atoms with Gasteiger partial charge < -0.3 is 10.2 Å². The molecule has 0 heterocycles. The van der Waals surface area contributed by atoms with Crippen molar-refractivity contribution in [2.75, 3.05) is 6.61 Å². The first-order chi connectivity index (χ1) is 6.72.